The predicted molar refractivity (Wildman–Crippen MR) is 89.7 cm³/mol. The lowest BCUT2D eigenvalue weighted by Crippen LogP contribution is -2.46. The van der Waals surface area contributed by atoms with Gasteiger partial charge < -0.3 is 5.32 Å². The zero-order valence-electron chi connectivity index (χ0n) is 13.2. The van der Waals surface area contributed by atoms with E-state index in [0.717, 1.165) is 29.3 Å². The van der Waals surface area contributed by atoms with Crippen LogP contribution in [0.25, 0.3) is 0 Å². The van der Waals surface area contributed by atoms with Gasteiger partial charge in [0.05, 0.1) is 0 Å². The molecule has 0 aliphatic heterocycles. The van der Waals surface area contributed by atoms with Crippen molar-refractivity contribution in [2.75, 3.05) is 5.33 Å². The second kappa shape index (κ2) is 6.75. The van der Waals surface area contributed by atoms with Crippen LogP contribution in [0, 0.1) is 0 Å². The average molecular weight is 340 g/mol. The quantitative estimate of drug-likeness (QED) is 0.776. The molecule has 0 fully saturated rings. The van der Waals surface area contributed by atoms with Crippen molar-refractivity contribution in [1.82, 2.24) is 5.32 Å². The molecule has 1 aromatic carbocycles. The normalized spacial score (nSPS) is 14.7. The first-order chi connectivity index (χ1) is 9.23. The third-order valence-electron chi connectivity index (χ3n) is 3.82. The summed E-state index contributed by atoms with van der Waals surface area (Å²) in [6.45, 7) is 10.6. The van der Waals surface area contributed by atoms with Crippen LogP contribution in [-0.2, 0) is 5.41 Å². The highest BCUT2D eigenvalue weighted by Crippen LogP contribution is 2.26. The minimum atomic E-state index is -0.161. The Bertz CT molecular complexity index is 464. The van der Waals surface area contributed by atoms with Gasteiger partial charge in [-0.25, -0.2) is 0 Å². The molecule has 0 saturated heterocycles. The number of carbonyl (C=O) groups is 1. The molecular formula is C17H26BrNO. The lowest BCUT2D eigenvalue weighted by Gasteiger charge is -2.30. The number of halogens is 1. The van der Waals surface area contributed by atoms with Crippen molar-refractivity contribution in [2.45, 2.75) is 58.4 Å². The Hall–Kier alpha value is -0.830. The summed E-state index contributed by atoms with van der Waals surface area (Å²) < 4.78 is 0. The molecule has 0 bridgehead atoms. The Kier molecular flexibility index (Phi) is 5.81. The fourth-order valence-electron chi connectivity index (χ4n) is 2.21. The molecule has 112 valence electrons. The fourth-order valence-corrected chi connectivity index (χ4v) is 3.09. The summed E-state index contributed by atoms with van der Waals surface area (Å²) in [5.74, 6) is 0.0285. The smallest absolute Gasteiger partial charge is 0.251 e. The Balaban J connectivity index is 3.05. The molecule has 20 heavy (non-hydrogen) atoms. The molecule has 0 saturated carbocycles. The molecule has 0 heterocycles. The van der Waals surface area contributed by atoms with Gasteiger partial charge in [-0.3, -0.25) is 4.79 Å². The van der Waals surface area contributed by atoms with Crippen LogP contribution in [-0.4, -0.2) is 16.8 Å². The van der Waals surface area contributed by atoms with Gasteiger partial charge in [0.25, 0.3) is 5.91 Å². The van der Waals surface area contributed by atoms with Gasteiger partial charge >= 0.3 is 0 Å². The van der Waals surface area contributed by atoms with E-state index in [1.165, 1.54) is 0 Å². The summed E-state index contributed by atoms with van der Waals surface area (Å²) in [6, 6.07) is 7.88. The van der Waals surface area contributed by atoms with Gasteiger partial charge in [0.2, 0.25) is 0 Å². The Morgan fingerprint density at radius 3 is 2.30 bits per heavy atom. The van der Waals surface area contributed by atoms with Crippen LogP contribution in [0.15, 0.2) is 24.3 Å². The molecular weight excluding hydrogens is 314 g/mol. The van der Waals surface area contributed by atoms with Crippen LogP contribution in [0.4, 0.5) is 0 Å². The minimum Gasteiger partial charge on any atom is -0.347 e. The van der Waals surface area contributed by atoms with Crippen molar-refractivity contribution in [3.63, 3.8) is 0 Å². The Labute approximate surface area is 131 Å². The molecule has 2 nitrogen and oxygen atoms in total. The van der Waals surface area contributed by atoms with Crippen LogP contribution < -0.4 is 5.32 Å². The molecule has 0 spiro atoms. The third kappa shape index (κ3) is 4.34. The molecule has 1 aromatic rings. The number of nitrogens with one attached hydrogen (secondary N) is 1. The van der Waals surface area contributed by atoms with Gasteiger partial charge in [0.15, 0.2) is 0 Å². The molecule has 0 aliphatic carbocycles. The van der Waals surface area contributed by atoms with Crippen LogP contribution >= 0.6 is 15.9 Å². The Morgan fingerprint density at radius 2 is 1.80 bits per heavy atom. The van der Waals surface area contributed by atoms with Crippen molar-refractivity contribution in [1.29, 1.82) is 0 Å². The SMILES string of the molecule is CCC(C)(CCBr)NC(=O)c1ccccc1C(C)(C)C. The summed E-state index contributed by atoms with van der Waals surface area (Å²) in [7, 11) is 0. The summed E-state index contributed by atoms with van der Waals surface area (Å²) in [6.07, 6.45) is 1.84. The number of alkyl halides is 1. The van der Waals surface area contributed by atoms with E-state index in [9.17, 15) is 4.79 Å². The highest BCUT2D eigenvalue weighted by molar-refractivity contribution is 9.09. The van der Waals surface area contributed by atoms with Crippen molar-refractivity contribution in [3.8, 4) is 0 Å². The lowest BCUT2D eigenvalue weighted by molar-refractivity contribution is 0.0899. The summed E-state index contributed by atoms with van der Waals surface area (Å²) >= 11 is 3.47. The first-order valence-corrected chi connectivity index (χ1v) is 8.33. The van der Waals surface area contributed by atoms with Gasteiger partial charge in [0.1, 0.15) is 0 Å². The van der Waals surface area contributed by atoms with Crippen LogP contribution in [0.5, 0.6) is 0 Å². The van der Waals surface area contributed by atoms with E-state index in [-0.39, 0.29) is 16.9 Å². The minimum absolute atomic E-state index is 0.0285. The molecule has 1 N–H and O–H groups in total. The summed E-state index contributed by atoms with van der Waals surface area (Å²) in [5.41, 5.74) is 1.68. The molecule has 1 unspecified atom stereocenters. The van der Waals surface area contributed by atoms with E-state index >= 15 is 0 Å². The van der Waals surface area contributed by atoms with Gasteiger partial charge in [-0.1, -0.05) is 61.8 Å². The van der Waals surface area contributed by atoms with E-state index < -0.39 is 0 Å². The molecule has 1 amide bonds. The van der Waals surface area contributed by atoms with E-state index in [1.54, 1.807) is 0 Å². The van der Waals surface area contributed by atoms with Crippen molar-refractivity contribution in [2.24, 2.45) is 0 Å². The predicted octanol–water partition coefficient (Wildman–Crippen LogP) is 4.67. The number of rotatable bonds is 5. The van der Waals surface area contributed by atoms with Gasteiger partial charge in [-0.2, -0.15) is 0 Å². The first-order valence-electron chi connectivity index (χ1n) is 7.21. The van der Waals surface area contributed by atoms with Crippen LogP contribution in [0.2, 0.25) is 0 Å². The van der Waals surface area contributed by atoms with Gasteiger partial charge in [-0.05, 0) is 36.8 Å². The van der Waals surface area contributed by atoms with Gasteiger partial charge in [0, 0.05) is 16.4 Å². The topological polar surface area (TPSA) is 29.1 Å². The zero-order chi connectivity index (χ0) is 15.4. The maximum Gasteiger partial charge on any atom is 0.251 e. The monoisotopic (exact) mass is 339 g/mol. The lowest BCUT2D eigenvalue weighted by atomic mass is 9.83. The number of hydrogen-bond acceptors (Lipinski definition) is 1. The van der Waals surface area contributed by atoms with Gasteiger partial charge in [-0.15, -0.1) is 0 Å². The van der Waals surface area contributed by atoms with E-state index in [0.29, 0.717) is 0 Å². The Morgan fingerprint density at radius 1 is 1.20 bits per heavy atom. The largest absolute Gasteiger partial charge is 0.347 e. The van der Waals surface area contributed by atoms with E-state index in [1.807, 2.05) is 24.3 Å². The van der Waals surface area contributed by atoms with E-state index in [4.69, 9.17) is 0 Å². The standard InChI is InChI=1S/C17H26BrNO/c1-6-17(5,11-12-18)19-15(20)13-9-7-8-10-14(13)16(2,3)4/h7-10H,6,11-12H2,1-5H3,(H,19,20). The maximum atomic E-state index is 12.6. The molecule has 1 atom stereocenters. The number of carbonyl (C=O) groups excluding carboxylic acids is 1. The maximum absolute atomic E-state index is 12.6. The van der Waals surface area contributed by atoms with Crippen LogP contribution in [0.1, 0.15) is 63.4 Å². The zero-order valence-corrected chi connectivity index (χ0v) is 14.8. The highest BCUT2D eigenvalue weighted by Gasteiger charge is 2.27. The molecule has 0 aliphatic rings. The van der Waals surface area contributed by atoms with Crippen molar-refractivity contribution in [3.05, 3.63) is 35.4 Å². The van der Waals surface area contributed by atoms with Crippen LogP contribution in [0.3, 0.4) is 0 Å². The van der Waals surface area contributed by atoms with Crippen molar-refractivity contribution >= 4 is 21.8 Å². The number of hydrogen-bond donors (Lipinski definition) is 1. The molecule has 1 rings (SSSR count). The second-order valence-corrected chi connectivity index (χ2v) is 7.40. The van der Waals surface area contributed by atoms with E-state index in [2.05, 4.69) is 55.9 Å². The number of benzene rings is 1. The summed E-state index contributed by atoms with van der Waals surface area (Å²) in [4.78, 5) is 12.6. The first kappa shape index (κ1) is 17.2. The van der Waals surface area contributed by atoms with Crippen molar-refractivity contribution < 1.29 is 4.79 Å². The fraction of sp³-hybridized carbons (Fsp3) is 0.588. The molecule has 0 radical (unpaired) electrons. The molecule has 3 heteroatoms. The number of amides is 1. The average Bonchev–Trinajstić information content (AvgIpc) is 2.38. The summed E-state index contributed by atoms with van der Waals surface area (Å²) in [5, 5.41) is 4.09. The second-order valence-electron chi connectivity index (χ2n) is 6.60. The molecule has 0 aromatic heterocycles. The highest BCUT2D eigenvalue weighted by atomic mass is 79.9. The third-order valence-corrected chi connectivity index (χ3v) is 4.22.